The average molecular weight is 478 g/mol. The number of nitrogens with zero attached hydrogens (tertiary/aromatic N) is 3. The molecule has 8 nitrogen and oxygen atoms in total. The number of aromatic amines is 1. The summed E-state index contributed by atoms with van der Waals surface area (Å²) in [5.41, 5.74) is 0.897. The van der Waals surface area contributed by atoms with E-state index in [9.17, 15) is 17.6 Å². The molecular weight excluding hydrogens is 445 g/mol. The molecule has 2 aromatic rings. The molecule has 4 rings (SSSR count). The summed E-state index contributed by atoms with van der Waals surface area (Å²) in [7, 11) is -3.60. The van der Waals surface area contributed by atoms with Gasteiger partial charge in [-0.2, -0.15) is 4.31 Å². The molecular formula is C23H32FN5O3S. The van der Waals surface area contributed by atoms with E-state index >= 15 is 0 Å². The second kappa shape index (κ2) is 9.52. The van der Waals surface area contributed by atoms with Crippen molar-refractivity contribution in [1.82, 2.24) is 24.5 Å². The Morgan fingerprint density at radius 1 is 1.15 bits per heavy atom. The van der Waals surface area contributed by atoms with Gasteiger partial charge in [-0.1, -0.05) is 19.3 Å². The first-order valence-electron chi connectivity index (χ1n) is 11.5. The van der Waals surface area contributed by atoms with Crippen LogP contribution in [-0.2, 0) is 10.0 Å². The normalized spacial score (nSPS) is 20.0. The number of H-pyrrole nitrogens is 1. The Morgan fingerprint density at radius 3 is 2.45 bits per heavy atom. The predicted octanol–water partition coefficient (Wildman–Crippen LogP) is 2.60. The van der Waals surface area contributed by atoms with Gasteiger partial charge in [-0.3, -0.25) is 9.69 Å². The Balaban J connectivity index is 1.44. The molecule has 1 amide bonds. The van der Waals surface area contributed by atoms with Crippen LogP contribution >= 0.6 is 0 Å². The number of imidazole rings is 1. The van der Waals surface area contributed by atoms with Gasteiger partial charge in [0.15, 0.2) is 5.03 Å². The Kier molecular flexibility index (Phi) is 6.88. The standard InChI is InChI=1S/C23H32FN5O3S/c1-17-14-19(24)6-7-20(17)22(30)26-16-23(8-4-3-5-9-23)28-10-12-29(13-11-28)33(31,32)21-15-25-18(2)27-21/h6-7,14-15H,3-5,8-13,16H2,1-2H3,(H,25,27)(H,26,30). The van der Waals surface area contributed by atoms with Gasteiger partial charge >= 0.3 is 0 Å². The quantitative estimate of drug-likeness (QED) is 0.667. The molecule has 33 heavy (non-hydrogen) atoms. The van der Waals surface area contributed by atoms with Crippen LogP contribution in [0.1, 0.15) is 53.8 Å². The summed E-state index contributed by atoms with van der Waals surface area (Å²) in [6.45, 7) is 5.96. The zero-order valence-corrected chi connectivity index (χ0v) is 20.0. The maximum atomic E-state index is 13.4. The fourth-order valence-electron chi connectivity index (χ4n) is 5.11. The molecule has 2 N–H and O–H groups in total. The Morgan fingerprint density at radius 2 is 1.85 bits per heavy atom. The molecule has 1 aliphatic heterocycles. The van der Waals surface area contributed by atoms with Crippen molar-refractivity contribution in [3.8, 4) is 0 Å². The third-order valence-corrected chi connectivity index (χ3v) is 8.81. The van der Waals surface area contributed by atoms with E-state index in [-0.39, 0.29) is 22.3 Å². The van der Waals surface area contributed by atoms with Gasteiger partial charge in [0.25, 0.3) is 15.9 Å². The number of piperazine rings is 1. The molecule has 1 aromatic carbocycles. The minimum Gasteiger partial charge on any atom is -0.350 e. The van der Waals surface area contributed by atoms with Crippen LogP contribution < -0.4 is 5.32 Å². The number of aryl methyl sites for hydroxylation is 2. The summed E-state index contributed by atoms with van der Waals surface area (Å²) in [5.74, 6) is 0.0136. The minimum absolute atomic E-state index is 0.128. The van der Waals surface area contributed by atoms with Crippen molar-refractivity contribution in [2.45, 2.75) is 56.5 Å². The highest BCUT2D eigenvalue weighted by molar-refractivity contribution is 7.89. The van der Waals surface area contributed by atoms with Crippen molar-refractivity contribution < 1.29 is 17.6 Å². The van der Waals surface area contributed by atoms with Crippen molar-refractivity contribution in [3.63, 3.8) is 0 Å². The third kappa shape index (κ3) is 4.97. The van der Waals surface area contributed by atoms with Crippen LogP contribution in [0.25, 0.3) is 0 Å². The predicted molar refractivity (Wildman–Crippen MR) is 123 cm³/mol. The first-order valence-corrected chi connectivity index (χ1v) is 13.0. The number of carbonyl (C=O) groups is 1. The van der Waals surface area contributed by atoms with Gasteiger partial charge in [0, 0.05) is 43.8 Å². The number of benzene rings is 1. The van der Waals surface area contributed by atoms with Gasteiger partial charge in [0.05, 0.1) is 6.20 Å². The number of carbonyl (C=O) groups excluding carboxylic acids is 1. The molecule has 0 bridgehead atoms. The van der Waals surface area contributed by atoms with Gasteiger partial charge in [0.2, 0.25) is 0 Å². The van der Waals surface area contributed by atoms with Crippen molar-refractivity contribution in [2.24, 2.45) is 0 Å². The van der Waals surface area contributed by atoms with E-state index < -0.39 is 10.0 Å². The molecule has 10 heteroatoms. The highest BCUT2D eigenvalue weighted by Crippen LogP contribution is 2.34. The summed E-state index contributed by atoms with van der Waals surface area (Å²) in [5, 5.41) is 3.22. The highest BCUT2D eigenvalue weighted by Gasteiger charge is 2.41. The summed E-state index contributed by atoms with van der Waals surface area (Å²) in [4.78, 5) is 22.0. The van der Waals surface area contributed by atoms with E-state index in [1.54, 1.807) is 13.8 Å². The van der Waals surface area contributed by atoms with Crippen molar-refractivity contribution in [2.75, 3.05) is 32.7 Å². The maximum absolute atomic E-state index is 13.4. The zero-order chi connectivity index (χ0) is 23.6. The van der Waals surface area contributed by atoms with Gasteiger partial charge in [0.1, 0.15) is 11.6 Å². The number of aromatic nitrogens is 2. The maximum Gasteiger partial charge on any atom is 0.260 e. The first kappa shape index (κ1) is 23.8. The number of hydrogen-bond acceptors (Lipinski definition) is 5. The van der Waals surface area contributed by atoms with E-state index in [2.05, 4.69) is 20.2 Å². The van der Waals surface area contributed by atoms with Crippen molar-refractivity contribution >= 4 is 15.9 Å². The van der Waals surface area contributed by atoms with E-state index in [1.807, 2.05) is 0 Å². The summed E-state index contributed by atoms with van der Waals surface area (Å²) < 4.78 is 40.8. The van der Waals surface area contributed by atoms with Crippen LogP contribution in [0.2, 0.25) is 0 Å². The Hall–Kier alpha value is -2.30. The van der Waals surface area contributed by atoms with Gasteiger partial charge < -0.3 is 10.3 Å². The van der Waals surface area contributed by atoms with E-state index in [4.69, 9.17) is 0 Å². The molecule has 0 radical (unpaired) electrons. The van der Waals surface area contributed by atoms with Crippen LogP contribution in [0.4, 0.5) is 4.39 Å². The van der Waals surface area contributed by atoms with Gasteiger partial charge in [-0.15, -0.1) is 0 Å². The molecule has 2 heterocycles. The second-order valence-electron chi connectivity index (χ2n) is 9.15. The summed E-state index contributed by atoms with van der Waals surface area (Å²) in [6, 6.07) is 4.19. The zero-order valence-electron chi connectivity index (χ0n) is 19.2. The van der Waals surface area contributed by atoms with E-state index in [0.717, 1.165) is 25.7 Å². The lowest BCUT2D eigenvalue weighted by Crippen LogP contribution is -2.62. The monoisotopic (exact) mass is 477 g/mol. The van der Waals surface area contributed by atoms with Crippen LogP contribution in [0, 0.1) is 19.7 Å². The lowest BCUT2D eigenvalue weighted by Gasteiger charge is -2.49. The fourth-order valence-corrected chi connectivity index (χ4v) is 6.49. The third-order valence-electron chi connectivity index (χ3n) is 7.00. The molecule has 1 saturated heterocycles. The van der Waals surface area contributed by atoms with Crippen LogP contribution in [-0.4, -0.2) is 71.8 Å². The number of rotatable bonds is 6. The van der Waals surface area contributed by atoms with Crippen LogP contribution in [0.15, 0.2) is 29.4 Å². The van der Waals surface area contributed by atoms with Crippen molar-refractivity contribution in [3.05, 3.63) is 47.2 Å². The fraction of sp³-hybridized carbons (Fsp3) is 0.565. The van der Waals surface area contributed by atoms with Crippen LogP contribution in [0.5, 0.6) is 0 Å². The molecule has 1 saturated carbocycles. The number of amides is 1. The number of halogens is 1. The Bertz CT molecular complexity index is 1100. The minimum atomic E-state index is -3.60. The lowest BCUT2D eigenvalue weighted by molar-refractivity contribution is 0.0239. The summed E-state index contributed by atoms with van der Waals surface area (Å²) in [6.07, 6.45) is 6.62. The van der Waals surface area contributed by atoms with E-state index in [0.29, 0.717) is 49.7 Å². The number of sulfonamides is 1. The molecule has 1 aromatic heterocycles. The van der Waals surface area contributed by atoms with Crippen LogP contribution in [0.3, 0.4) is 0 Å². The number of nitrogens with one attached hydrogen (secondary N) is 2. The molecule has 180 valence electrons. The van der Waals surface area contributed by atoms with Gasteiger partial charge in [-0.25, -0.2) is 17.8 Å². The average Bonchev–Trinajstić information content (AvgIpc) is 3.25. The Labute approximate surface area is 194 Å². The second-order valence-corrected chi connectivity index (χ2v) is 11.1. The lowest BCUT2D eigenvalue weighted by atomic mass is 9.79. The molecule has 0 unspecified atom stereocenters. The van der Waals surface area contributed by atoms with Crippen molar-refractivity contribution in [1.29, 1.82) is 0 Å². The topological polar surface area (TPSA) is 98.4 Å². The SMILES string of the molecule is Cc1ncc(S(=O)(=O)N2CCN(C3(CNC(=O)c4ccc(F)cc4C)CCCCC3)CC2)[nH]1. The first-order chi connectivity index (χ1) is 15.7. The largest absolute Gasteiger partial charge is 0.350 e. The van der Waals surface area contributed by atoms with E-state index in [1.165, 1.54) is 35.1 Å². The van der Waals surface area contributed by atoms with Gasteiger partial charge in [-0.05, 0) is 50.5 Å². The number of hydrogen-bond donors (Lipinski definition) is 2. The molecule has 2 fully saturated rings. The molecule has 2 aliphatic rings. The molecule has 0 atom stereocenters. The highest BCUT2D eigenvalue weighted by atomic mass is 32.2. The smallest absolute Gasteiger partial charge is 0.260 e. The molecule has 0 spiro atoms. The molecule has 1 aliphatic carbocycles. The summed E-state index contributed by atoms with van der Waals surface area (Å²) >= 11 is 0.